The largest absolute Gasteiger partial charge is 0.368 e. The number of carbonyl (C=O) groups is 2. The van der Waals surface area contributed by atoms with Crippen LogP contribution in [0.3, 0.4) is 0 Å². The Morgan fingerprint density at radius 3 is 2.33 bits per heavy atom. The summed E-state index contributed by atoms with van der Waals surface area (Å²) in [5.74, 6) is 0.105. The Bertz CT molecular complexity index is 1250. The molecule has 5 rings (SSSR count). The first-order valence-corrected chi connectivity index (χ1v) is 13.9. The molecule has 1 fully saturated rings. The van der Waals surface area contributed by atoms with Crippen molar-refractivity contribution in [2.45, 2.75) is 39.2 Å². The van der Waals surface area contributed by atoms with E-state index in [1.54, 1.807) is 11.3 Å². The zero-order valence-corrected chi connectivity index (χ0v) is 22.4. The standard InChI is InChI=1S/C29H32ClN3O2S/c1-20-3-8-24(19-21(20)2)31-14-16-32(17-15-31)27(34)9-10-28(35)33-13-11-26-25(12-18-36-26)29(33)22-4-6-23(30)7-5-22/h3-8,12,18-19,29H,9-11,13-17H2,1-2H3. The van der Waals surface area contributed by atoms with Gasteiger partial charge in [-0.05, 0) is 78.2 Å². The van der Waals surface area contributed by atoms with E-state index >= 15 is 0 Å². The van der Waals surface area contributed by atoms with E-state index in [2.05, 4.69) is 48.4 Å². The average Bonchev–Trinajstić information content (AvgIpc) is 3.38. The SMILES string of the molecule is Cc1ccc(N2CCN(C(=O)CCC(=O)N3CCc4sccc4C3c3ccc(Cl)cc3)CC2)cc1C. The van der Waals surface area contributed by atoms with Crippen molar-refractivity contribution in [1.29, 1.82) is 0 Å². The van der Waals surface area contributed by atoms with Crippen molar-refractivity contribution >= 4 is 40.4 Å². The van der Waals surface area contributed by atoms with Crippen molar-refractivity contribution in [2.24, 2.45) is 0 Å². The van der Waals surface area contributed by atoms with Crippen LogP contribution in [0.25, 0.3) is 0 Å². The number of benzene rings is 2. The van der Waals surface area contributed by atoms with Crippen molar-refractivity contribution in [2.75, 3.05) is 37.6 Å². The monoisotopic (exact) mass is 521 g/mol. The first-order valence-electron chi connectivity index (χ1n) is 12.6. The van der Waals surface area contributed by atoms with E-state index in [1.165, 1.54) is 27.3 Å². The highest BCUT2D eigenvalue weighted by Gasteiger charge is 2.33. The number of fused-ring (bicyclic) bond motifs is 1. The Kier molecular flexibility index (Phi) is 7.35. The molecule has 1 saturated heterocycles. The molecule has 2 aliphatic heterocycles. The van der Waals surface area contributed by atoms with Gasteiger partial charge in [-0.3, -0.25) is 9.59 Å². The van der Waals surface area contributed by atoms with E-state index in [0.29, 0.717) is 24.7 Å². The maximum absolute atomic E-state index is 13.4. The lowest BCUT2D eigenvalue weighted by atomic mass is 9.93. The van der Waals surface area contributed by atoms with Crippen molar-refractivity contribution in [3.8, 4) is 0 Å². The summed E-state index contributed by atoms with van der Waals surface area (Å²) < 4.78 is 0. The molecule has 0 radical (unpaired) electrons. The molecule has 7 heteroatoms. The molecule has 0 N–H and O–H groups in total. The van der Waals surface area contributed by atoms with E-state index in [4.69, 9.17) is 11.6 Å². The van der Waals surface area contributed by atoms with E-state index < -0.39 is 0 Å². The molecule has 5 nitrogen and oxygen atoms in total. The summed E-state index contributed by atoms with van der Waals surface area (Å²) in [6.07, 6.45) is 1.35. The quantitative estimate of drug-likeness (QED) is 0.437. The van der Waals surface area contributed by atoms with Gasteiger partial charge in [-0.15, -0.1) is 11.3 Å². The van der Waals surface area contributed by atoms with E-state index in [1.807, 2.05) is 34.1 Å². The molecule has 2 aromatic carbocycles. The normalized spacial score (nSPS) is 17.8. The van der Waals surface area contributed by atoms with Gasteiger partial charge in [-0.1, -0.05) is 29.8 Å². The third-order valence-corrected chi connectivity index (χ3v) is 8.76. The molecule has 0 saturated carbocycles. The smallest absolute Gasteiger partial charge is 0.223 e. The zero-order valence-electron chi connectivity index (χ0n) is 20.9. The maximum atomic E-state index is 13.4. The molecule has 1 unspecified atom stereocenters. The predicted molar refractivity (Wildman–Crippen MR) is 147 cm³/mol. The summed E-state index contributed by atoms with van der Waals surface area (Å²) in [6, 6.07) is 16.3. The highest BCUT2D eigenvalue weighted by molar-refractivity contribution is 7.10. The molecular formula is C29H32ClN3O2S. The summed E-state index contributed by atoms with van der Waals surface area (Å²) >= 11 is 7.87. The molecule has 0 bridgehead atoms. The van der Waals surface area contributed by atoms with Crippen LogP contribution >= 0.6 is 22.9 Å². The number of nitrogens with zero attached hydrogens (tertiary/aromatic N) is 3. The van der Waals surface area contributed by atoms with Gasteiger partial charge in [0.15, 0.2) is 0 Å². The van der Waals surface area contributed by atoms with Crippen LogP contribution in [0.2, 0.25) is 5.02 Å². The fourth-order valence-electron chi connectivity index (χ4n) is 5.24. The van der Waals surface area contributed by atoms with Crippen molar-refractivity contribution in [3.05, 3.63) is 86.1 Å². The Labute approximate surface area is 222 Å². The van der Waals surface area contributed by atoms with Crippen molar-refractivity contribution in [3.63, 3.8) is 0 Å². The molecule has 0 aliphatic carbocycles. The molecule has 2 amide bonds. The summed E-state index contributed by atoms with van der Waals surface area (Å²) in [4.78, 5) is 33.9. The van der Waals surface area contributed by atoms with Gasteiger partial charge in [0.1, 0.15) is 0 Å². The topological polar surface area (TPSA) is 43.9 Å². The van der Waals surface area contributed by atoms with Crippen LogP contribution in [0.4, 0.5) is 5.69 Å². The molecule has 3 aromatic rings. The number of hydrogen-bond acceptors (Lipinski definition) is 4. The summed E-state index contributed by atoms with van der Waals surface area (Å²) in [6.45, 7) is 7.93. The Hall–Kier alpha value is -2.83. The van der Waals surface area contributed by atoms with Gasteiger partial charge in [-0.2, -0.15) is 0 Å². The number of rotatable bonds is 5. The highest BCUT2D eigenvalue weighted by atomic mass is 35.5. The fraction of sp³-hybridized carbons (Fsp3) is 0.379. The van der Waals surface area contributed by atoms with E-state index in [9.17, 15) is 9.59 Å². The first kappa shape index (κ1) is 24.8. The van der Waals surface area contributed by atoms with Crippen LogP contribution in [0.5, 0.6) is 0 Å². The molecular weight excluding hydrogens is 490 g/mol. The Morgan fingerprint density at radius 1 is 0.889 bits per heavy atom. The van der Waals surface area contributed by atoms with Crippen LogP contribution in [0.15, 0.2) is 53.9 Å². The second kappa shape index (κ2) is 10.7. The van der Waals surface area contributed by atoms with E-state index in [0.717, 1.165) is 25.1 Å². The van der Waals surface area contributed by atoms with Crippen molar-refractivity contribution < 1.29 is 9.59 Å². The number of carbonyl (C=O) groups excluding carboxylic acids is 2. The molecule has 188 valence electrons. The third kappa shape index (κ3) is 5.16. The molecule has 36 heavy (non-hydrogen) atoms. The van der Waals surface area contributed by atoms with Crippen LogP contribution in [-0.2, 0) is 16.0 Å². The lowest BCUT2D eigenvalue weighted by Crippen LogP contribution is -2.49. The Balaban J connectivity index is 1.19. The lowest BCUT2D eigenvalue weighted by Gasteiger charge is -2.37. The van der Waals surface area contributed by atoms with Crippen LogP contribution in [0.1, 0.15) is 46.0 Å². The van der Waals surface area contributed by atoms with Gasteiger partial charge in [0.25, 0.3) is 0 Å². The summed E-state index contributed by atoms with van der Waals surface area (Å²) in [7, 11) is 0. The fourth-order valence-corrected chi connectivity index (χ4v) is 6.27. The van der Waals surface area contributed by atoms with Gasteiger partial charge in [0.05, 0.1) is 6.04 Å². The number of piperazine rings is 1. The first-order chi connectivity index (χ1) is 17.4. The predicted octanol–water partition coefficient (Wildman–Crippen LogP) is 5.62. The zero-order chi connectivity index (χ0) is 25.2. The van der Waals surface area contributed by atoms with Crippen LogP contribution in [-0.4, -0.2) is 54.3 Å². The molecule has 1 atom stereocenters. The maximum Gasteiger partial charge on any atom is 0.223 e. The number of halogens is 1. The van der Waals surface area contributed by atoms with Gasteiger partial charge >= 0.3 is 0 Å². The number of thiophene rings is 1. The Morgan fingerprint density at radius 2 is 1.61 bits per heavy atom. The van der Waals surface area contributed by atoms with Gasteiger partial charge in [0.2, 0.25) is 11.8 Å². The van der Waals surface area contributed by atoms with Crippen LogP contribution in [0, 0.1) is 13.8 Å². The number of anilines is 1. The second-order valence-electron chi connectivity index (χ2n) is 9.73. The van der Waals surface area contributed by atoms with Gasteiger partial charge in [0, 0.05) is 61.2 Å². The van der Waals surface area contributed by atoms with Crippen LogP contribution < -0.4 is 4.90 Å². The number of hydrogen-bond donors (Lipinski definition) is 0. The summed E-state index contributed by atoms with van der Waals surface area (Å²) in [5.41, 5.74) is 6.04. The molecule has 1 aromatic heterocycles. The number of amides is 2. The van der Waals surface area contributed by atoms with Gasteiger partial charge < -0.3 is 14.7 Å². The molecule has 2 aliphatic rings. The number of aryl methyl sites for hydroxylation is 2. The minimum atomic E-state index is -0.124. The highest BCUT2D eigenvalue weighted by Crippen LogP contribution is 2.38. The average molecular weight is 522 g/mol. The van der Waals surface area contributed by atoms with Crippen molar-refractivity contribution in [1.82, 2.24) is 9.80 Å². The van der Waals surface area contributed by atoms with Gasteiger partial charge in [-0.25, -0.2) is 0 Å². The molecule has 0 spiro atoms. The van der Waals surface area contributed by atoms with E-state index in [-0.39, 0.29) is 30.7 Å². The lowest BCUT2D eigenvalue weighted by molar-refractivity contribution is -0.138. The minimum absolute atomic E-state index is 0.0360. The second-order valence-corrected chi connectivity index (χ2v) is 11.2. The summed E-state index contributed by atoms with van der Waals surface area (Å²) in [5, 5.41) is 2.78. The minimum Gasteiger partial charge on any atom is -0.368 e. The molecule has 3 heterocycles. The third-order valence-electron chi connectivity index (χ3n) is 7.51.